The van der Waals surface area contributed by atoms with E-state index in [0.29, 0.717) is 52.4 Å². The van der Waals surface area contributed by atoms with E-state index in [4.69, 9.17) is 4.74 Å². The SMILES string of the molecule is Cc1nc(CCCNC(=O)C2CNCC(C(=O)N3CCOCC3)C2)sc1C. The van der Waals surface area contributed by atoms with Crippen molar-refractivity contribution in [2.45, 2.75) is 33.1 Å². The molecule has 0 bridgehead atoms. The van der Waals surface area contributed by atoms with Crippen molar-refractivity contribution in [2.24, 2.45) is 11.8 Å². The number of nitrogens with zero attached hydrogens (tertiary/aromatic N) is 2. The van der Waals surface area contributed by atoms with E-state index in [1.807, 2.05) is 11.8 Å². The number of thiazole rings is 1. The molecule has 0 spiro atoms. The number of amides is 2. The maximum absolute atomic E-state index is 12.7. The predicted octanol–water partition coefficient (Wildman–Crippen LogP) is 0.893. The van der Waals surface area contributed by atoms with Crippen LogP contribution in [0.5, 0.6) is 0 Å². The van der Waals surface area contributed by atoms with Gasteiger partial charge in [0, 0.05) is 44.0 Å². The molecule has 27 heavy (non-hydrogen) atoms. The van der Waals surface area contributed by atoms with Crippen LogP contribution < -0.4 is 10.6 Å². The molecule has 0 aromatic carbocycles. The van der Waals surface area contributed by atoms with Gasteiger partial charge in [-0.25, -0.2) is 4.98 Å². The number of nitrogens with one attached hydrogen (secondary N) is 2. The lowest BCUT2D eigenvalue weighted by molar-refractivity contribution is -0.141. The lowest BCUT2D eigenvalue weighted by Gasteiger charge is -2.34. The van der Waals surface area contributed by atoms with Gasteiger partial charge >= 0.3 is 0 Å². The van der Waals surface area contributed by atoms with E-state index >= 15 is 0 Å². The third-order valence-electron chi connectivity index (χ3n) is 5.33. The molecule has 1 aromatic heterocycles. The Hall–Kier alpha value is -1.51. The number of aromatic nitrogens is 1. The van der Waals surface area contributed by atoms with Crippen molar-refractivity contribution >= 4 is 23.2 Å². The summed E-state index contributed by atoms with van der Waals surface area (Å²) in [6.07, 6.45) is 2.40. The number of hydrogen-bond donors (Lipinski definition) is 2. The summed E-state index contributed by atoms with van der Waals surface area (Å²) in [5, 5.41) is 7.43. The van der Waals surface area contributed by atoms with Gasteiger partial charge in [0.2, 0.25) is 11.8 Å². The van der Waals surface area contributed by atoms with Crippen molar-refractivity contribution in [1.82, 2.24) is 20.5 Å². The fourth-order valence-electron chi connectivity index (χ4n) is 3.61. The molecule has 2 atom stereocenters. The van der Waals surface area contributed by atoms with Gasteiger partial charge in [-0.1, -0.05) is 0 Å². The smallest absolute Gasteiger partial charge is 0.227 e. The molecule has 0 saturated carbocycles. The lowest BCUT2D eigenvalue weighted by atomic mass is 9.88. The topological polar surface area (TPSA) is 83.6 Å². The van der Waals surface area contributed by atoms with Gasteiger partial charge in [-0.15, -0.1) is 11.3 Å². The fourth-order valence-corrected chi connectivity index (χ4v) is 4.59. The average Bonchev–Trinajstić information content (AvgIpc) is 3.02. The molecule has 0 aliphatic carbocycles. The zero-order valence-electron chi connectivity index (χ0n) is 16.3. The molecule has 7 nitrogen and oxygen atoms in total. The maximum atomic E-state index is 12.7. The molecule has 2 aliphatic rings. The molecule has 2 aliphatic heterocycles. The normalized spacial score (nSPS) is 23.3. The number of hydrogen-bond acceptors (Lipinski definition) is 6. The molecule has 150 valence electrons. The Bertz CT molecular complexity index is 638. The van der Waals surface area contributed by atoms with E-state index in [-0.39, 0.29) is 23.7 Å². The summed E-state index contributed by atoms with van der Waals surface area (Å²) in [5.74, 6) is -0.0572. The van der Waals surface area contributed by atoms with Crippen LogP contribution in [0.4, 0.5) is 0 Å². The van der Waals surface area contributed by atoms with Gasteiger partial charge in [0.15, 0.2) is 0 Å². The number of carbonyl (C=O) groups is 2. The minimum atomic E-state index is -0.141. The number of ether oxygens (including phenoxy) is 1. The first-order chi connectivity index (χ1) is 13.0. The minimum absolute atomic E-state index is 0.0495. The standard InChI is InChI=1S/C19H30N4O3S/c1-13-14(2)27-17(22-13)4-3-5-21-18(24)15-10-16(12-20-11-15)19(25)23-6-8-26-9-7-23/h15-16,20H,3-12H2,1-2H3,(H,21,24). The summed E-state index contributed by atoms with van der Waals surface area (Å²) in [7, 11) is 0. The van der Waals surface area contributed by atoms with Crippen molar-refractivity contribution in [3.8, 4) is 0 Å². The highest BCUT2D eigenvalue weighted by Crippen LogP contribution is 2.20. The maximum Gasteiger partial charge on any atom is 0.227 e. The Balaban J connectivity index is 1.40. The summed E-state index contributed by atoms with van der Waals surface area (Å²) in [5.41, 5.74) is 1.10. The van der Waals surface area contributed by atoms with Crippen LogP contribution in [0.25, 0.3) is 0 Å². The van der Waals surface area contributed by atoms with Gasteiger partial charge in [0.05, 0.1) is 35.8 Å². The highest BCUT2D eigenvalue weighted by molar-refractivity contribution is 7.11. The first-order valence-electron chi connectivity index (χ1n) is 9.82. The van der Waals surface area contributed by atoms with Crippen LogP contribution in [0, 0.1) is 25.7 Å². The molecule has 0 radical (unpaired) electrons. The van der Waals surface area contributed by atoms with Crippen LogP contribution in [0.15, 0.2) is 0 Å². The Morgan fingerprint density at radius 3 is 2.70 bits per heavy atom. The van der Waals surface area contributed by atoms with Crippen LogP contribution in [-0.4, -0.2) is 67.6 Å². The molecule has 3 rings (SSSR count). The molecular weight excluding hydrogens is 364 g/mol. The second-order valence-electron chi connectivity index (χ2n) is 7.37. The van der Waals surface area contributed by atoms with Gasteiger partial charge in [-0.3, -0.25) is 9.59 Å². The summed E-state index contributed by atoms with van der Waals surface area (Å²) >= 11 is 1.73. The number of carbonyl (C=O) groups excluding carboxylic acids is 2. The van der Waals surface area contributed by atoms with Crippen molar-refractivity contribution < 1.29 is 14.3 Å². The number of piperidine rings is 1. The average molecular weight is 395 g/mol. The van der Waals surface area contributed by atoms with Gasteiger partial charge in [-0.05, 0) is 26.7 Å². The Kier molecular flexibility index (Phi) is 7.20. The second-order valence-corrected chi connectivity index (χ2v) is 8.66. The monoisotopic (exact) mass is 394 g/mol. The van der Waals surface area contributed by atoms with Crippen molar-refractivity contribution in [3.63, 3.8) is 0 Å². The lowest BCUT2D eigenvalue weighted by Crippen LogP contribution is -2.51. The third-order valence-corrected chi connectivity index (χ3v) is 6.47. The summed E-state index contributed by atoms with van der Waals surface area (Å²) in [4.78, 5) is 32.8. The summed E-state index contributed by atoms with van der Waals surface area (Å²) in [6.45, 7) is 8.58. The molecule has 2 N–H and O–H groups in total. The third kappa shape index (κ3) is 5.49. The molecule has 1 aromatic rings. The Morgan fingerprint density at radius 1 is 1.26 bits per heavy atom. The molecule has 2 unspecified atom stereocenters. The summed E-state index contributed by atoms with van der Waals surface area (Å²) < 4.78 is 5.31. The van der Waals surface area contributed by atoms with Crippen molar-refractivity contribution in [2.75, 3.05) is 45.9 Å². The Labute approximate surface area is 164 Å². The van der Waals surface area contributed by atoms with Crippen molar-refractivity contribution in [1.29, 1.82) is 0 Å². The minimum Gasteiger partial charge on any atom is -0.378 e. The summed E-state index contributed by atoms with van der Waals surface area (Å²) in [6, 6.07) is 0. The highest BCUT2D eigenvalue weighted by Gasteiger charge is 2.33. The Morgan fingerprint density at radius 2 is 2.00 bits per heavy atom. The highest BCUT2D eigenvalue weighted by atomic mass is 32.1. The molecule has 8 heteroatoms. The second kappa shape index (κ2) is 9.61. The first kappa shape index (κ1) is 20.2. The van der Waals surface area contributed by atoms with Crippen LogP contribution in [-0.2, 0) is 20.7 Å². The molecule has 2 saturated heterocycles. The van der Waals surface area contributed by atoms with Crippen LogP contribution in [0.1, 0.15) is 28.4 Å². The van der Waals surface area contributed by atoms with Crippen LogP contribution >= 0.6 is 11.3 Å². The number of rotatable bonds is 6. The van der Waals surface area contributed by atoms with E-state index in [0.717, 1.165) is 23.5 Å². The molecule has 2 fully saturated rings. The van der Waals surface area contributed by atoms with E-state index in [1.54, 1.807) is 11.3 Å². The van der Waals surface area contributed by atoms with Crippen LogP contribution in [0.3, 0.4) is 0 Å². The first-order valence-corrected chi connectivity index (χ1v) is 10.6. The predicted molar refractivity (Wildman–Crippen MR) is 105 cm³/mol. The van der Waals surface area contributed by atoms with Gasteiger partial charge in [0.25, 0.3) is 0 Å². The fraction of sp³-hybridized carbons (Fsp3) is 0.737. The molecule has 2 amide bonds. The van der Waals surface area contributed by atoms with Gasteiger partial charge in [0.1, 0.15) is 0 Å². The van der Waals surface area contributed by atoms with Gasteiger partial charge < -0.3 is 20.3 Å². The molecule has 3 heterocycles. The van der Waals surface area contributed by atoms with E-state index < -0.39 is 0 Å². The van der Waals surface area contributed by atoms with E-state index in [1.165, 1.54) is 4.88 Å². The quantitative estimate of drug-likeness (QED) is 0.701. The number of aryl methyl sites for hydroxylation is 3. The molecular formula is C19H30N4O3S. The van der Waals surface area contributed by atoms with Gasteiger partial charge in [-0.2, -0.15) is 0 Å². The van der Waals surface area contributed by atoms with E-state index in [9.17, 15) is 9.59 Å². The zero-order chi connectivity index (χ0) is 19.2. The number of morpholine rings is 1. The van der Waals surface area contributed by atoms with Crippen LogP contribution in [0.2, 0.25) is 0 Å². The van der Waals surface area contributed by atoms with E-state index in [2.05, 4.69) is 22.5 Å². The largest absolute Gasteiger partial charge is 0.378 e. The zero-order valence-corrected chi connectivity index (χ0v) is 17.1. The van der Waals surface area contributed by atoms with Crippen molar-refractivity contribution in [3.05, 3.63) is 15.6 Å².